The molecule has 14 heteroatoms. The molecular formula is C48H59N7O7. The van der Waals surface area contributed by atoms with Gasteiger partial charge < -0.3 is 44.0 Å². The lowest BCUT2D eigenvalue weighted by atomic mass is 9.89. The Balaban J connectivity index is 0.954. The van der Waals surface area contributed by atoms with E-state index in [9.17, 15) is 14.4 Å². The summed E-state index contributed by atoms with van der Waals surface area (Å²) in [6, 6.07) is 13.7. The van der Waals surface area contributed by atoms with Crippen LogP contribution in [0.2, 0.25) is 0 Å². The highest BCUT2D eigenvalue weighted by molar-refractivity contribution is 6.07. The summed E-state index contributed by atoms with van der Waals surface area (Å²) in [5, 5.41) is 4.75. The van der Waals surface area contributed by atoms with E-state index in [0.29, 0.717) is 32.1 Å². The molecule has 2 unspecified atom stereocenters. The first-order valence-electron chi connectivity index (χ1n) is 22.3. The maximum Gasteiger partial charge on any atom is 0.407 e. The minimum atomic E-state index is -0.717. The molecule has 3 amide bonds. The lowest BCUT2D eigenvalue weighted by molar-refractivity contribution is -0.137. The Bertz CT molecular complexity index is 2490. The Morgan fingerprint density at radius 3 is 2.48 bits per heavy atom. The molecule has 4 aliphatic heterocycles. The van der Waals surface area contributed by atoms with E-state index in [-0.39, 0.29) is 54.0 Å². The van der Waals surface area contributed by atoms with Crippen LogP contribution in [0.15, 0.2) is 48.7 Å². The second kappa shape index (κ2) is 17.0. The van der Waals surface area contributed by atoms with Crippen molar-refractivity contribution in [2.75, 3.05) is 27.4 Å². The number of fused-ring (bicyclic) bond motifs is 6. The molecule has 6 heterocycles. The molecule has 0 spiro atoms. The van der Waals surface area contributed by atoms with Gasteiger partial charge in [-0.2, -0.15) is 0 Å². The summed E-state index contributed by atoms with van der Waals surface area (Å²) in [4.78, 5) is 61.1. The summed E-state index contributed by atoms with van der Waals surface area (Å²) in [6.45, 7) is 11.8. The van der Waals surface area contributed by atoms with E-state index in [0.717, 1.165) is 99.3 Å². The first-order chi connectivity index (χ1) is 29.9. The monoisotopic (exact) mass is 845 g/mol. The van der Waals surface area contributed by atoms with Crippen molar-refractivity contribution in [2.45, 2.75) is 116 Å². The van der Waals surface area contributed by atoms with Crippen LogP contribution in [-0.2, 0) is 30.4 Å². The summed E-state index contributed by atoms with van der Waals surface area (Å²) in [5.74, 6) is 2.79. The van der Waals surface area contributed by atoms with Crippen molar-refractivity contribution in [1.29, 1.82) is 0 Å². The van der Waals surface area contributed by atoms with E-state index in [1.54, 1.807) is 7.11 Å². The van der Waals surface area contributed by atoms with E-state index in [2.05, 4.69) is 65.5 Å². The van der Waals surface area contributed by atoms with E-state index in [4.69, 9.17) is 28.9 Å². The Morgan fingerprint density at radius 1 is 0.919 bits per heavy atom. The molecule has 62 heavy (non-hydrogen) atoms. The van der Waals surface area contributed by atoms with E-state index < -0.39 is 12.1 Å². The number of carbonyl (C=O) groups is 3. The number of rotatable bonds is 10. The molecule has 5 aromatic rings. The minimum Gasteiger partial charge on any atom is -0.488 e. The smallest absolute Gasteiger partial charge is 0.407 e. The van der Waals surface area contributed by atoms with E-state index >= 15 is 0 Å². The number of aromatic nitrogens is 4. The largest absolute Gasteiger partial charge is 0.488 e. The number of carbonyl (C=O) groups excluding carboxylic acids is 3. The van der Waals surface area contributed by atoms with Gasteiger partial charge in [-0.15, -0.1) is 0 Å². The standard InChI is InChI=1S/C48H59N7O7/c1-25(2)43(53-48(58)60-7)47(57)55-26(3)8-13-39(55)46-50-37-12-10-31-19-36-34-11-9-32(18-33(34)24-61-41(36)20-35(31)44(37)52-46)38-21-49-45(51-38)40-16-30(23-59-6)22-54(40)42(56)17-29-14-27(4)62-28(5)15-29/h9-12,18-21,25-30,39-40,43H,8,13-17,22-24H2,1-7H3,(H,49,51)(H,50,52)(H,53,58)/t26-,27+,28?,29?,30-,39-,40-,43-/m0/s1. The SMILES string of the molecule is COC[C@H]1C[C@@H](c2ncc(-c3ccc4c(c3)COc3cc5c(ccc6[nH]c([C@@H]7CC[C@H](C)N7C(=O)[C@@H](NC(=O)OC)C(C)C)nc65)cc3-4)[nH]2)N(C(=O)CC2CC(C)O[C@H](C)C2)C1. The van der Waals surface area contributed by atoms with Gasteiger partial charge >= 0.3 is 6.09 Å². The fraction of sp³-hybridized carbons (Fsp3) is 0.521. The van der Waals surface area contributed by atoms with E-state index in [1.165, 1.54) is 7.11 Å². The quantitative estimate of drug-likeness (QED) is 0.126. The summed E-state index contributed by atoms with van der Waals surface area (Å²) in [6.07, 6.45) is 6.30. The topological polar surface area (TPSA) is 164 Å². The second-order valence-electron chi connectivity index (χ2n) is 18.5. The Morgan fingerprint density at radius 2 is 1.73 bits per heavy atom. The van der Waals surface area contributed by atoms with Crippen LogP contribution in [0.25, 0.3) is 44.2 Å². The summed E-state index contributed by atoms with van der Waals surface area (Å²) >= 11 is 0. The number of likely N-dealkylation sites (tertiary alicyclic amines) is 2. The number of imidazole rings is 2. The lowest BCUT2D eigenvalue weighted by Crippen LogP contribution is -2.52. The lowest BCUT2D eigenvalue weighted by Gasteiger charge is -2.33. The number of aromatic amines is 2. The molecular weight excluding hydrogens is 787 g/mol. The summed E-state index contributed by atoms with van der Waals surface area (Å²) in [5.41, 5.74) is 6.81. The Hall–Kier alpha value is -5.47. The molecule has 2 aromatic heterocycles. The van der Waals surface area contributed by atoms with Gasteiger partial charge in [0.05, 0.1) is 60.9 Å². The predicted octanol–water partition coefficient (Wildman–Crippen LogP) is 8.23. The molecule has 4 aliphatic rings. The Labute approximate surface area is 362 Å². The van der Waals surface area contributed by atoms with Crippen molar-refractivity contribution >= 4 is 39.7 Å². The average molecular weight is 846 g/mol. The molecule has 0 aliphatic carbocycles. The van der Waals surface area contributed by atoms with Crippen LogP contribution in [0.3, 0.4) is 0 Å². The fourth-order valence-corrected chi connectivity index (χ4v) is 10.7. The van der Waals surface area contributed by atoms with Crippen molar-refractivity contribution in [1.82, 2.24) is 35.1 Å². The first-order valence-corrected chi connectivity index (χ1v) is 22.3. The predicted molar refractivity (Wildman–Crippen MR) is 235 cm³/mol. The third kappa shape index (κ3) is 7.91. The Kier molecular flexibility index (Phi) is 11.5. The number of hydrogen-bond acceptors (Lipinski definition) is 9. The molecule has 3 fully saturated rings. The average Bonchev–Trinajstić information content (AvgIpc) is 4.07. The van der Waals surface area contributed by atoms with Crippen LogP contribution >= 0.6 is 0 Å². The number of benzene rings is 3. The van der Waals surface area contributed by atoms with Gasteiger partial charge in [0.2, 0.25) is 11.8 Å². The van der Waals surface area contributed by atoms with Gasteiger partial charge in [-0.25, -0.2) is 14.8 Å². The van der Waals surface area contributed by atoms with Gasteiger partial charge in [-0.05, 0) is 111 Å². The zero-order valence-corrected chi connectivity index (χ0v) is 36.8. The van der Waals surface area contributed by atoms with Crippen molar-refractivity contribution in [2.24, 2.45) is 17.8 Å². The fourth-order valence-electron chi connectivity index (χ4n) is 10.7. The normalized spacial score (nSPS) is 25.2. The molecule has 9 rings (SSSR count). The van der Waals surface area contributed by atoms with Crippen molar-refractivity contribution < 1.29 is 33.3 Å². The summed E-state index contributed by atoms with van der Waals surface area (Å²) < 4.78 is 22.8. The third-order valence-corrected chi connectivity index (χ3v) is 13.6. The molecule has 0 saturated carbocycles. The van der Waals surface area contributed by atoms with Crippen LogP contribution < -0.4 is 10.1 Å². The van der Waals surface area contributed by atoms with Gasteiger partial charge in [0.1, 0.15) is 30.0 Å². The minimum absolute atomic E-state index is 0.0165. The first kappa shape index (κ1) is 41.9. The van der Waals surface area contributed by atoms with Crippen molar-refractivity contribution in [3.8, 4) is 28.1 Å². The zero-order chi connectivity index (χ0) is 43.4. The highest BCUT2D eigenvalue weighted by atomic mass is 16.5. The van der Waals surface area contributed by atoms with Gasteiger partial charge in [-0.1, -0.05) is 32.0 Å². The van der Waals surface area contributed by atoms with Crippen LogP contribution in [-0.4, -0.2) is 99.3 Å². The van der Waals surface area contributed by atoms with Crippen LogP contribution in [0.5, 0.6) is 5.75 Å². The highest BCUT2D eigenvalue weighted by Gasteiger charge is 2.42. The molecule has 328 valence electrons. The number of methoxy groups -OCH3 is 2. The van der Waals surface area contributed by atoms with Crippen molar-refractivity contribution in [3.05, 3.63) is 65.9 Å². The molecule has 3 aromatic carbocycles. The van der Waals surface area contributed by atoms with Crippen molar-refractivity contribution in [3.63, 3.8) is 0 Å². The molecule has 8 atom stereocenters. The third-order valence-electron chi connectivity index (χ3n) is 13.6. The molecule has 0 radical (unpaired) electrons. The maximum absolute atomic E-state index is 14.0. The maximum atomic E-state index is 14.0. The van der Waals surface area contributed by atoms with Crippen LogP contribution in [0.1, 0.15) is 102 Å². The van der Waals surface area contributed by atoms with Gasteiger partial charge in [0.25, 0.3) is 0 Å². The molecule has 3 N–H and O–H groups in total. The number of alkyl carbamates (subject to hydrolysis) is 1. The molecule has 0 bridgehead atoms. The number of nitrogens with zero attached hydrogens (tertiary/aromatic N) is 4. The van der Waals surface area contributed by atoms with Crippen LogP contribution in [0.4, 0.5) is 4.79 Å². The van der Waals surface area contributed by atoms with E-state index in [1.807, 2.05) is 42.8 Å². The van der Waals surface area contributed by atoms with Gasteiger partial charge in [0.15, 0.2) is 0 Å². The zero-order valence-electron chi connectivity index (χ0n) is 36.8. The highest BCUT2D eigenvalue weighted by Crippen LogP contribution is 2.44. The van der Waals surface area contributed by atoms with Gasteiger partial charge in [-0.3, -0.25) is 9.59 Å². The molecule has 14 nitrogen and oxygen atoms in total. The number of hydrogen-bond donors (Lipinski definition) is 3. The number of nitrogens with one attached hydrogen (secondary N) is 3. The molecule has 3 saturated heterocycles. The number of ether oxygens (including phenoxy) is 4. The second-order valence-corrected chi connectivity index (χ2v) is 18.5. The van der Waals surface area contributed by atoms with Crippen LogP contribution in [0, 0.1) is 17.8 Å². The number of H-pyrrole nitrogens is 2. The van der Waals surface area contributed by atoms with Gasteiger partial charge in [0, 0.05) is 43.0 Å². The summed E-state index contributed by atoms with van der Waals surface area (Å²) in [7, 11) is 3.02. The number of amides is 3.